The molecule has 0 amide bonds. The Bertz CT molecular complexity index is 225. The third-order valence-corrected chi connectivity index (χ3v) is 2.07. The molecule has 0 bridgehead atoms. The largest absolute Gasteiger partial charge is 0.354 e. The molecule has 0 unspecified atom stereocenters. The molecule has 0 aromatic carbocycles. The molecule has 2 nitrogen and oxygen atoms in total. The summed E-state index contributed by atoms with van der Waals surface area (Å²) in [5.74, 6) is 0. The third kappa shape index (κ3) is 2.38. The predicted molar refractivity (Wildman–Crippen MR) is 51.9 cm³/mol. The number of hydrogen-bond acceptors (Lipinski definition) is 1. The second kappa shape index (κ2) is 4.31. The molecule has 2 heteroatoms. The van der Waals surface area contributed by atoms with Crippen molar-refractivity contribution in [1.82, 2.24) is 4.57 Å². The minimum Gasteiger partial charge on any atom is -0.354 e. The van der Waals surface area contributed by atoms with Crippen LogP contribution >= 0.6 is 0 Å². The van der Waals surface area contributed by atoms with Gasteiger partial charge in [0.2, 0.25) is 0 Å². The molecular formula is C10H18N2. The van der Waals surface area contributed by atoms with Crippen LogP contribution in [0.1, 0.15) is 38.3 Å². The Labute approximate surface area is 74.4 Å². The zero-order valence-electron chi connectivity index (χ0n) is 7.96. The first-order valence-corrected chi connectivity index (χ1v) is 4.65. The quantitative estimate of drug-likeness (QED) is 0.731. The fourth-order valence-electron chi connectivity index (χ4n) is 1.21. The maximum atomic E-state index is 5.74. The van der Waals surface area contributed by atoms with Gasteiger partial charge >= 0.3 is 0 Å². The minimum atomic E-state index is 0.160. The summed E-state index contributed by atoms with van der Waals surface area (Å²) in [6.45, 7) is 5.33. The molecule has 0 saturated carbocycles. The van der Waals surface area contributed by atoms with Crippen LogP contribution in [0.4, 0.5) is 0 Å². The van der Waals surface area contributed by atoms with E-state index in [2.05, 4.69) is 30.0 Å². The van der Waals surface area contributed by atoms with Gasteiger partial charge in [0.15, 0.2) is 0 Å². The van der Waals surface area contributed by atoms with Crippen molar-refractivity contribution in [3.05, 3.63) is 24.0 Å². The lowest BCUT2D eigenvalue weighted by atomic mass is 10.2. The Morgan fingerprint density at radius 2 is 2.33 bits per heavy atom. The van der Waals surface area contributed by atoms with Crippen LogP contribution in [0.3, 0.4) is 0 Å². The van der Waals surface area contributed by atoms with Gasteiger partial charge in [0.05, 0.1) is 0 Å². The molecule has 0 radical (unpaired) electrons. The minimum absolute atomic E-state index is 0.160. The number of hydrogen-bond donors (Lipinski definition) is 1. The van der Waals surface area contributed by atoms with E-state index in [1.165, 1.54) is 18.4 Å². The molecule has 1 rings (SSSR count). The molecule has 0 aliphatic carbocycles. The summed E-state index contributed by atoms with van der Waals surface area (Å²) >= 11 is 0. The van der Waals surface area contributed by atoms with Crippen LogP contribution in [0.25, 0.3) is 0 Å². The van der Waals surface area contributed by atoms with Gasteiger partial charge in [0.25, 0.3) is 0 Å². The highest BCUT2D eigenvalue weighted by atomic mass is 14.9. The molecule has 0 aliphatic rings. The monoisotopic (exact) mass is 166 g/mol. The van der Waals surface area contributed by atoms with Crippen molar-refractivity contribution < 1.29 is 0 Å². The number of unbranched alkanes of at least 4 members (excludes halogenated alkanes) is 1. The van der Waals surface area contributed by atoms with Gasteiger partial charge in [-0.3, -0.25) is 0 Å². The molecule has 0 fully saturated rings. The maximum absolute atomic E-state index is 5.74. The van der Waals surface area contributed by atoms with Crippen molar-refractivity contribution in [3.8, 4) is 0 Å². The van der Waals surface area contributed by atoms with Crippen LogP contribution < -0.4 is 5.73 Å². The van der Waals surface area contributed by atoms with Crippen molar-refractivity contribution in [2.24, 2.45) is 5.73 Å². The van der Waals surface area contributed by atoms with Crippen molar-refractivity contribution in [2.45, 2.75) is 39.3 Å². The van der Waals surface area contributed by atoms with E-state index < -0.39 is 0 Å². The molecule has 68 valence electrons. The number of aryl methyl sites for hydroxylation is 1. The van der Waals surface area contributed by atoms with Crippen LogP contribution in [0, 0.1) is 0 Å². The van der Waals surface area contributed by atoms with E-state index in [-0.39, 0.29) is 6.04 Å². The number of aromatic nitrogens is 1. The Morgan fingerprint density at radius 3 is 2.83 bits per heavy atom. The first kappa shape index (κ1) is 9.33. The van der Waals surface area contributed by atoms with E-state index in [1.807, 2.05) is 6.92 Å². The molecule has 1 heterocycles. The van der Waals surface area contributed by atoms with Gasteiger partial charge in [-0.1, -0.05) is 13.3 Å². The Balaban J connectivity index is 2.52. The topological polar surface area (TPSA) is 30.9 Å². The summed E-state index contributed by atoms with van der Waals surface area (Å²) in [5, 5.41) is 0. The number of nitrogens with zero attached hydrogens (tertiary/aromatic N) is 1. The van der Waals surface area contributed by atoms with Gasteiger partial charge in [0.1, 0.15) is 0 Å². The van der Waals surface area contributed by atoms with Crippen molar-refractivity contribution >= 4 is 0 Å². The zero-order chi connectivity index (χ0) is 8.97. The zero-order valence-corrected chi connectivity index (χ0v) is 7.96. The summed E-state index contributed by atoms with van der Waals surface area (Å²) in [6.07, 6.45) is 6.73. The second-order valence-electron chi connectivity index (χ2n) is 3.32. The highest BCUT2D eigenvalue weighted by Gasteiger charge is 2.00. The van der Waals surface area contributed by atoms with Crippen LogP contribution in [0.5, 0.6) is 0 Å². The lowest BCUT2D eigenvalue weighted by Gasteiger charge is -2.01. The summed E-state index contributed by atoms with van der Waals surface area (Å²) in [7, 11) is 0. The Hall–Kier alpha value is -0.760. The van der Waals surface area contributed by atoms with Gasteiger partial charge in [-0.25, -0.2) is 0 Å². The fourth-order valence-corrected chi connectivity index (χ4v) is 1.21. The van der Waals surface area contributed by atoms with Crippen molar-refractivity contribution in [1.29, 1.82) is 0 Å². The van der Waals surface area contributed by atoms with E-state index in [0.29, 0.717) is 0 Å². The van der Waals surface area contributed by atoms with E-state index in [1.54, 1.807) is 0 Å². The fraction of sp³-hybridized carbons (Fsp3) is 0.600. The average molecular weight is 166 g/mol. The number of rotatable bonds is 4. The summed E-state index contributed by atoms with van der Waals surface area (Å²) in [5.41, 5.74) is 6.97. The molecule has 0 saturated heterocycles. The molecular weight excluding hydrogens is 148 g/mol. The smallest absolute Gasteiger partial charge is 0.0281 e. The van der Waals surface area contributed by atoms with E-state index >= 15 is 0 Å². The number of nitrogens with two attached hydrogens (primary N) is 1. The lowest BCUT2D eigenvalue weighted by Crippen LogP contribution is -2.03. The van der Waals surface area contributed by atoms with Gasteiger partial charge in [-0.2, -0.15) is 0 Å². The van der Waals surface area contributed by atoms with E-state index in [4.69, 9.17) is 5.73 Å². The first-order chi connectivity index (χ1) is 5.74. The summed E-state index contributed by atoms with van der Waals surface area (Å²) in [6, 6.07) is 2.26. The Kier molecular flexibility index (Phi) is 3.35. The van der Waals surface area contributed by atoms with Crippen LogP contribution in [0.15, 0.2) is 18.5 Å². The maximum Gasteiger partial charge on any atom is 0.0281 e. The molecule has 0 aliphatic heterocycles. The highest BCUT2D eigenvalue weighted by Crippen LogP contribution is 2.10. The van der Waals surface area contributed by atoms with Gasteiger partial charge in [-0.05, 0) is 25.0 Å². The highest BCUT2D eigenvalue weighted by molar-refractivity contribution is 5.13. The third-order valence-electron chi connectivity index (χ3n) is 2.07. The molecule has 1 aromatic heterocycles. The Morgan fingerprint density at radius 1 is 1.58 bits per heavy atom. The normalized spacial score (nSPS) is 13.2. The van der Waals surface area contributed by atoms with Gasteiger partial charge < -0.3 is 10.3 Å². The second-order valence-corrected chi connectivity index (χ2v) is 3.32. The molecule has 12 heavy (non-hydrogen) atoms. The van der Waals surface area contributed by atoms with Crippen molar-refractivity contribution in [2.75, 3.05) is 0 Å². The summed E-state index contributed by atoms with van der Waals surface area (Å²) in [4.78, 5) is 0. The molecule has 1 atom stereocenters. The van der Waals surface area contributed by atoms with E-state index in [9.17, 15) is 0 Å². The standard InChI is InChI=1S/C10H18N2/c1-3-4-6-12-7-5-10(8-12)9(2)11/h5,7-9H,3-4,6,11H2,1-2H3/t9-/m0/s1. The van der Waals surface area contributed by atoms with Crippen LogP contribution in [-0.2, 0) is 6.54 Å². The van der Waals surface area contributed by atoms with Crippen molar-refractivity contribution in [3.63, 3.8) is 0 Å². The van der Waals surface area contributed by atoms with Crippen LogP contribution in [-0.4, -0.2) is 4.57 Å². The van der Waals surface area contributed by atoms with E-state index in [0.717, 1.165) is 6.54 Å². The molecule has 1 aromatic rings. The van der Waals surface area contributed by atoms with Gasteiger partial charge in [-0.15, -0.1) is 0 Å². The SMILES string of the molecule is CCCCn1ccc([C@H](C)N)c1. The molecule has 2 N–H and O–H groups in total. The average Bonchev–Trinajstić information content (AvgIpc) is 2.48. The lowest BCUT2D eigenvalue weighted by molar-refractivity contribution is 0.632. The summed E-state index contributed by atoms with van der Waals surface area (Å²) < 4.78 is 2.21. The predicted octanol–water partition coefficient (Wildman–Crippen LogP) is 2.31. The van der Waals surface area contributed by atoms with Crippen LogP contribution in [0.2, 0.25) is 0 Å². The molecule has 0 spiro atoms. The first-order valence-electron chi connectivity index (χ1n) is 4.65. The van der Waals surface area contributed by atoms with Gasteiger partial charge in [0, 0.05) is 25.0 Å².